The van der Waals surface area contributed by atoms with Gasteiger partial charge in [-0.15, -0.1) is 0 Å². The molecule has 0 fully saturated rings. The molecule has 0 aliphatic heterocycles. The number of rotatable bonds is 4. The van der Waals surface area contributed by atoms with Crippen LogP contribution in [0.1, 0.15) is 16.1 Å². The lowest BCUT2D eigenvalue weighted by molar-refractivity contribution is -0.384. The fourth-order valence-corrected chi connectivity index (χ4v) is 1.96. The third kappa shape index (κ3) is 4.12. The molecular weight excluding hydrogens is 369 g/mol. The molecule has 1 heterocycles. The molecule has 132 valence electrons. The van der Waals surface area contributed by atoms with E-state index < -0.39 is 39.2 Å². The normalized spacial score (nSPS) is 11.1. The largest absolute Gasteiger partial charge is 0.496 e. The average molecular weight is 377 g/mol. The number of aromatic nitrogens is 2. The van der Waals surface area contributed by atoms with Crippen LogP contribution in [0.2, 0.25) is 5.28 Å². The van der Waals surface area contributed by atoms with Gasteiger partial charge < -0.3 is 10.1 Å². The van der Waals surface area contributed by atoms with Crippen molar-refractivity contribution in [1.29, 1.82) is 0 Å². The number of amides is 1. The van der Waals surface area contributed by atoms with Gasteiger partial charge in [0.2, 0.25) is 5.28 Å². The Labute approximate surface area is 142 Å². The molecule has 1 aromatic carbocycles. The second kappa shape index (κ2) is 6.89. The maximum absolute atomic E-state index is 13.0. The number of benzene rings is 1. The summed E-state index contributed by atoms with van der Waals surface area (Å²) in [5.74, 6) is -1.15. The molecule has 0 aliphatic rings. The quantitative estimate of drug-likeness (QED) is 0.498. The van der Waals surface area contributed by atoms with E-state index in [0.29, 0.717) is 6.20 Å². The van der Waals surface area contributed by atoms with E-state index in [2.05, 4.69) is 9.97 Å². The first-order valence-electron chi connectivity index (χ1n) is 6.37. The van der Waals surface area contributed by atoms with E-state index in [4.69, 9.17) is 16.3 Å². The van der Waals surface area contributed by atoms with E-state index in [0.717, 1.165) is 12.1 Å². The molecule has 1 N–H and O–H groups in total. The lowest BCUT2D eigenvalue weighted by Gasteiger charge is -2.12. The zero-order valence-electron chi connectivity index (χ0n) is 12.3. The molecule has 0 aliphatic carbocycles. The number of nitro benzene ring substituents is 1. The first-order valence-corrected chi connectivity index (χ1v) is 6.74. The van der Waals surface area contributed by atoms with E-state index >= 15 is 0 Å². The third-order valence-electron chi connectivity index (χ3n) is 2.92. The summed E-state index contributed by atoms with van der Waals surface area (Å²) in [5, 5.41) is 12.4. The Morgan fingerprint density at radius 1 is 1.40 bits per heavy atom. The summed E-state index contributed by atoms with van der Waals surface area (Å²) < 4.78 is 43.8. The van der Waals surface area contributed by atoms with Crippen molar-refractivity contribution in [1.82, 2.24) is 9.97 Å². The minimum Gasteiger partial charge on any atom is -0.496 e. The van der Waals surface area contributed by atoms with Crippen LogP contribution in [0.15, 0.2) is 24.4 Å². The molecule has 12 heteroatoms. The molecule has 0 atom stereocenters. The van der Waals surface area contributed by atoms with Crippen molar-refractivity contribution in [2.75, 3.05) is 12.4 Å². The first kappa shape index (κ1) is 18.4. The van der Waals surface area contributed by atoms with Crippen molar-refractivity contribution in [3.05, 3.63) is 51.1 Å². The van der Waals surface area contributed by atoms with Crippen LogP contribution in [0.5, 0.6) is 5.75 Å². The Hall–Kier alpha value is -2.95. The van der Waals surface area contributed by atoms with Crippen molar-refractivity contribution in [3.8, 4) is 5.75 Å². The SMILES string of the molecule is COc1ccc(NC(=O)c2cnc(Cl)nc2C(F)(F)F)c([N+](=O)[O-])c1. The van der Waals surface area contributed by atoms with Crippen LogP contribution in [0.4, 0.5) is 24.5 Å². The number of nitrogens with zero attached hydrogens (tertiary/aromatic N) is 3. The standard InChI is InChI=1S/C13H8ClF3N4O4/c1-25-6-2-3-8(9(4-6)21(23)24)19-11(22)7-5-18-12(14)20-10(7)13(15,16)17/h2-5H,1H3,(H,19,22). The fourth-order valence-electron chi connectivity index (χ4n) is 1.83. The number of hydrogen-bond donors (Lipinski definition) is 1. The van der Waals surface area contributed by atoms with Crippen LogP contribution in [0, 0.1) is 10.1 Å². The first-order chi connectivity index (χ1) is 11.6. The van der Waals surface area contributed by atoms with Gasteiger partial charge in [-0.25, -0.2) is 9.97 Å². The maximum Gasteiger partial charge on any atom is 0.434 e. The second-order valence-electron chi connectivity index (χ2n) is 4.49. The molecule has 0 bridgehead atoms. The van der Waals surface area contributed by atoms with E-state index in [-0.39, 0.29) is 11.4 Å². The number of hydrogen-bond acceptors (Lipinski definition) is 6. The molecule has 1 aromatic heterocycles. The third-order valence-corrected chi connectivity index (χ3v) is 3.10. The van der Waals surface area contributed by atoms with Gasteiger partial charge in [-0.05, 0) is 23.7 Å². The second-order valence-corrected chi connectivity index (χ2v) is 4.83. The summed E-state index contributed by atoms with van der Waals surface area (Å²) in [6.07, 6.45) is -4.38. The van der Waals surface area contributed by atoms with E-state index in [1.165, 1.54) is 13.2 Å². The van der Waals surface area contributed by atoms with E-state index in [1.54, 1.807) is 0 Å². The van der Waals surface area contributed by atoms with Crippen LogP contribution in [0.3, 0.4) is 0 Å². The molecule has 0 saturated heterocycles. The minimum absolute atomic E-state index is 0.135. The molecular formula is C13H8ClF3N4O4. The summed E-state index contributed by atoms with van der Waals surface area (Å²) in [5.41, 5.74) is -3.36. The number of methoxy groups -OCH3 is 1. The van der Waals surface area contributed by atoms with E-state index in [1.807, 2.05) is 5.32 Å². The highest BCUT2D eigenvalue weighted by Gasteiger charge is 2.38. The van der Waals surface area contributed by atoms with Gasteiger partial charge in [0.15, 0.2) is 5.69 Å². The monoisotopic (exact) mass is 376 g/mol. The minimum atomic E-state index is -4.97. The van der Waals surface area contributed by atoms with Gasteiger partial charge >= 0.3 is 6.18 Å². The molecule has 0 radical (unpaired) electrons. The highest BCUT2D eigenvalue weighted by atomic mass is 35.5. The summed E-state index contributed by atoms with van der Waals surface area (Å²) in [7, 11) is 1.28. The Bertz CT molecular complexity index is 845. The molecule has 0 saturated carbocycles. The van der Waals surface area contributed by atoms with Gasteiger partial charge in [-0.2, -0.15) is 13.2 Å². The van der Waals surface area contributed by atoms with Crippen molar-refractivity contribution >= 4 is 28.9 Å². The number of ether oxygens (including phenoxy) is 1. The van der Waals surface area contributed by atoms with Crippen LogP contribution in [0.25, 0.3) is 0 Å². The summed E-state index contributed by atoms with van der Waals surface area (Å²) in [6, 6.07) is 3.43. The van der Waals surface area contributed by atoms with Gasteiger partial charge in [0, 0.05) is 6.20 Å². The highest BCUT2D eigenvalue weighted by molar-refractivity contribution is 6.28. The number of carbonyl (C=O) groups excluding carboxylic acids is 1. The van der Waals surface area contributed by atoms with Gasteiger partial charge in [0.1, 0.15) is 11.4 Å². The molecule has 0 spiro atoms. The zero-order valence-corrected chi connectivity index (χ0v) is 13.1. The highest BCUT2D eigenvalue weighted by Crippen LogP contribution is 2.33. The number of alkyl halides is 3. The van der Waals surface area contributed by atoms with Gasteiger partial charge in [-0.1, -0.05) is 0 Å². The molecule has 25 heavy (non-hydrogen) atoms. The molecule has 2 rings (SSSR count). The lowest BCUT2D eigenvalue weighted by Crippen LogP contribution is -2.21. The summed E-state index contributed by atoms with van der Waals surface area (Å²) in [6.45, 7) is 0. The average Bonchev–Trinajstić information content (AvgIpc) is 2.54. The summed E-state index contributed by atoms with van der Waals surface area (Å²) >= 11 is 5.33. The number of nitro groups is 1. The topological polar surface area (TPSA) is 107 Å². The van der Waals surface area contributed by atoms with Gasteiger partial charge in [0.05, 0.1) is 23.7 Å². The van der Waals surface area contributed by atoms with Gasteiger partial charge in [0.25, 0.3) is 11.6 Å². The summed E-state index contributed by atoms with van der Waals surface area (Å²) in [4.78, 5) is 28.7. The Kier molecular flexibility index (Phi) is 5.07. The zero-order chi connectivity index (χ0) is 18.8. The number of anilines is 1. The Morgan fingerprint density at radius 2 is 2.08 bits per heavy atom. The predicted molar refractivity (Wildman–Crippen MR) is 79.6 cm³/mol. The maximum atomic E-state index is 13.0. The van der Waals surface area contributed by atoms with E-state index in [9.17, 15) is 28.1 Å². The molecule has 2 aromatic rings. The molecule has 8 nitrogen and oxygen atoms in total. The van der Waals surface area contributed by atoms with Crippen molar-refractivity contribution in [2.24, 2.45) is 0 Å². The van der Waals surface area contributed by atoms with Crippen molar-refractivity contribution in [2.45, 2.75) is 6.18 Å². The smallest absolute Gasteiger partial charge is 0.434 e. The molecule has 1 amide bonds. The van der Waals surface area contributed by atoms with Crippen LogP contribution < -0.4 is 10.1 Å². The number of halogens is 4. The van der Waals surface area contributed by atoms with Crippen LogP contribution >= 0.6 is 11.6 Å². The molecule has 0 unspecified atom stereocenters. The number of nitrogens with one attached hydrogen (secondary N) is 1. The van der Waals surface area contributed by atoms with Crippen LogP contribution in [-0.4, -0.2) is 27.9 Å². The number of carbonyl (C=O) groups is 1. The predicted octanol–water partition coefficient (Wildman–Crippen LogP) is 3.32. The van der Waals surface area contributed by atoms with Crippen LogP contribution in [-0.2, 0) is 6.18 Å². The Morgan fingerprint density at radius 3 is 2.64 bits per heavy atom. The lowest BCUT2D eigenvalue weighted by atomic mass is 10.2. The Balaban J connectivity index is 2.43. The van der Waals surface area contributed by atoms with Crippen molar-refractivity contribution < 1.29 is 27.6 Å². The fraction of sp³-hybridized carbons (Fsp3) is 0.154. The van der Waals surface area contributed by atoms with Crippen molar-refractivity contribution in [3.63, 3.8) is 0 Å². The van der Waals surface area contributed by atoms with Gasteiger partial charge in [-0.3, -0.25) is 14.9 Å².